The average molecular weight is 290 g/mol. The van der Waals surface area contributed by atoms with Gasteiger partial charge in [0.05, 0.1) is 0 Å². The van der Waals surface area contributed by atoms with Crippen LogP contribution in [-0.2, 0) is 4.79 Å². The summed E-state index contributed by atoms with van der Waals surface area (Å²) >= 11 is 0. The summed E-state index contributed by atoms with van der Waals surface area (Å²) in [6, 6.07) is 0. The van der Waals surface area contributed by atoms with E-state index < -0.39 is 0 Å². The van der Waals surface area contributed by atoms with Crippen molar-refractivity contribution in [1.82, 2.24) is 0 Å². The van der Waals surface area contributed by atoms with E-state index >= 15 is 0 Å². The predicted octanol–water partition coefficient (Wildman–Crippen LogP) is 6.53. The number of hydrogen-bond donors (Lipinski definition) is 0. The minimum atomic E-state index is 0.354. The molecular weight excluding hydrogens is 256 g/mol. The minimum Gasteiger partial charge on any atom is -0.289 e. The van der Waals surface area contributed by atoms with Crippen LogP contribution in [0.2, 0.25) is 0 Å². The molecule has 1 aliphatic carbocycles. The molecule has 0 spiro atoms. The molecule has 0 aromatic carbocycles. The number of carbonyl (C=O) groups excluding carboxylic acids is 1. The lowest BCUT2D eigenvalue weighted by Crippen LogP contribution is -2.12. The zero-order valence-electron chi connectivity index (χ0n) is 14.3. The summed E-state index contributed by atoms with van der Waals surface area (Å²) in [6.07, 6.45) is 20.1. The highest BCUT2D eigenvalue weighted by atomic mass is 16.1. The van der Waals surface area contributed by atoms with Gasteiger partial charge in [-0.2, -0.15) is 0 Å². The van der Waals surface area contributed by atoms with E-state index in [1.807, 2.05) is 0 Å². The Balaban J connectivity index is 2.37. The zero-order valence-corrected chi connectivity index (χ0v) is 14.3. The molecule has 21 heavy (non-hydrogen) atoms. The van der Waals surface area contributed by atoms with Crippen LogP contribution < -0.4 is 0 Å². The van der Waals surface area contributed by atoms with Crippen LogP contribution in [0.4, 0.5) is 0 Å². The average Bonchev–Trinajstić information content (AvgIpc) is 2.50. The Morgan fingerprint density at radius 2 is 1.24 bits per heavy atom. The van der Waals surface area contributed by atoms with Crippen molar-refractivity contribution in [2.75, 3.05) is 0 Å². The van der Waals surface area contributed by atoms with Gasteiger partial charge in [-0.25, -0.2) is 0 Å². The van der Waals surface area contributed by atoms with Crippen LogP contribution in [0.25, 0.3) is 0 Å². The van der Waals surface area contributed by atoms with Crippen molar-refractivity contribution >= 4 is 5.78 Å². The molecule has 0 atom stereocenters. The van der Waals surface area contributed by atoms with Crippen molar-refractivity contribution < 1.29 is 4.79 Å². The Kier molecular flexibility index (Phi) is 10.2. The Morgan fingerprint density at radius 3 is 1.67 bits per heavy atom. The maximum Gasteiger partial charge on any atom is 0.184 e. The summed E-state index contributed by atoms with van der Waals surface area (Å²) in [6.45, 7) is 4.47. The maximum absolute atomic E-state index is 12.4. The van der Waals surface area contributed by atoms with Gasteiger partial charge in [0.15, 0.2) is 5.78 Å². The standard InChI is InChI=1S/C20H34O/c1-3-5-7-9-11-14-18-16-13-17-19(20(18)21)15-12-10-8-6-4-2/h14-15H,3-13,16-17H2,1-2H3/b18-14+,19-15+. The van der Waals surface area contributed by atoms with E-state index in [1.54, 1.807) is 0 Å². The first-order valence-electron chi connectivity index (χ1n) is 9.22. The monoisotopic (exact) mass is 290 g/mol. The SMILES string of the molecule is CCCCCC/C=C1\CCC/C(=C\CCCCCC)C1=O. The fraction of sp³-hybridized carbons (Fsp3) is 0.750. The van der Waals surface area contributed by atoms with Crippen LogP contribution in [0.3, 0.4) is 0 Å². The molecule has 0 saturated heterocycles. The molecule has 1 aliphatic rings. The van der Waals surface area contributed by atoms with E-state index in [-0.39, 0.29) is 0 Å². The lowest BCUT2D eigenvalue weighted by atomic mass is 9.87. The number of unbranched alkanes of at least 4 members (excludes halogenated alkanes) is 8. The molecule has 0 aliphatic heterocycles. The van der Waals surface area contributed by atoms with Gasteiger partial charge in [0, 0.05) is 0 Å². The quantitative estimate of drug-likeness (QED) is 0.330. The smallest absolute Gasteiger partial charge is 0.184 e. The Labute approximate surface area is 131 Å². The first-order valence-corrected chi connectivity index (χ1v) is 9.22. The molecule has 0 N–H and O–H groups in total. The summed E-state index contributed by atoms with van der Waals surface area (Å²) in [4.78, 5) is 12.4. The Morgan fingerprint density at radius 1 is 0.762 bits per heavy atom. The maximum atomic E-state index is 12.4. The second-order valence-corrected chi connectivity index (χ2v) is 6.34. The van der Waals surface area contributed by atoms with Crippen LogP contribution in [0.15, 0.2) is 23.3 Å². The molecule has 0 amide bonds. The second-order valence-electron chi connectivity index (χ2n) is 6.34. The van der Waals surface area contributed by atoms with Gasteiger partial charge in [-0.1, -0.05) is 64.5 Å². The predicted molar refractivity (Wildman–Crippen MR) is 92.5 cm³/mol. The third-order valence-electron chi connectivity index (χ3n) is 4.37. The van der Waals surface area contributed by atoms with Crippen LogP contribution in [0.1, 0.15) is 97.3 Å². The van der Waals surface area contributed by atoms with E-state index in [4.69, 9.17) is 0 Å². The van der Waals surface area contributed by atoms with Crippen LogP contribution >= 0.6 is 0 Å². The third-order valence-corrected chi connectivity index (χ3v) is 4.37. The molecule has 0 unspecified atom stereocenters. The van der Waals surface area contributed by atoms with Gasteiger partial charge in [-0.3, -0.25) is 4.79 Å². The normalized spacial score (nSPS) is 19.6. The molecule has 0 aromatic heterocycles. The van der Waals surface area contributed by atoms with Crippen molar-refractivity contribution in [3.8, 4) is 0 Å². The summed E-state index contributed by atoms with van der Waals surface area (Å²) in [7, 11) is 0. The summed E-state index contributed by atoms with van der Waals surface area (Å²) in [5, 5.41) is 0. The fourth-order valence-electron chi connectivity index (χ4n) is 2.99. The molecule has 0 bridgehead atoms. The lowest BCUT2D eigenvalue weighted by Gasteiger charge is -2.16. The first kappa shape index (κ1) is 18.2. The van der Waals surface area contributed by atoms with Crippen LogP contribution in [-0.4, -0.2) is 5.78 Å². The summed E-state index contributed by atoms with van der Waals surface area (Å²) in [5.74, 6) is 0.354. The van der Waals surface area contributed by atoms with E-state index in [1.165, 1.54) is 51.4 Å². The van der Waals surface area contributed by atoms with Crippen LogP contribution in [0, 0.1) is 0 Å². The molecule has 1 rings (SSSR count). The Hall–Kier alpha value is -0.850. The minimum absolute atomic E-state index is 0.354. The van der Waals surface area contributed by atoms with Gasteiger partial charge in [-0.05, 0) is 56.1 Å². The number of allylic oxidation sites excluding steroid dienone is 4. The molecular formula is C20H34O. The summed E-state index contributed by atoms with van der Waals surface area (Å²) < 4.78 is 0. The van der Waals surface area contributed by atoms with E-state index in [2.05, 4.69) is 26.0 Å². The number of Topliss-reactive ketones (excluding diaryl/α,β-unsaturated/α-hetero) is 1. The number of ketones is 1. The Bertz CT molecular complexity index is 317. The van der Waals surface area contributed by atoms with E-state index in [9.17, 15) is 4.79 Å². The topological polar surface area (TPSA) is 17.1 Å². The highest BCUT2D eigenvalue weighted by Crippen LogP contribution is 2.26. The van der Waals surface area contributed by atoms with Crippen LogP contribution in [0.5, 0.6) is 0 Å². The molecule has 1 nitrogen and oxygen atoms in total. The molecule has 0 heterocycles. The van der Waals surface area contributed by atoms with Gasteiger partial charge in [0.2, 0.25) is 0 Å². The van der Waals surface area contributed by atoms with E-state index in [0.717, 1.165) is 43.3 Å². The summed E-state index contributed by atoms with van der Waals surface area (Å²) in [5.41, 5.74) is 2.19. The second kappa shape index (κ2) is 11.8. The van der Waals surface area contributed by atoms with Gasteiger partial charge in [0.1, 0.15) is 0 Å². The largest absolute Gasteiger partial charge is 0.289 e. The number of hydrogen-bond acceptors (Lipinski definition) is 1. The number of rotatable bonds is 10. The van der Waals surface area contributed by atoms with Gasteiger partial charge in [-0.15, -0.1) is 0 Å². The fourth-order valence-corrected chi connectivity index (χ4v) is 2.99. The van der Waals surface area contributed by atoms with Gasteiger partial charge in [0.25, 0.3) is 0 Å². The molecule has 0 radical (unpaired) electrons. The molecule has 0 aromatic rings. The molecule has 1 fully saturated rings. The van der Waals surface area contributed by atoms with Crippen molar-refractivity contribution in [2.24, 2.45) is 0 Å². The van der Waals surface area contributed by atoms with Crippen molar-refractivity contribution in [3.63, 3.8) is 0 Å². The van der Waals surface area contributed by atoms with Crippen molar-refractivity contribution in [2.45, 2.75) is 97.3 Å². The highest BCUT2D eigenvalue weighted by Gasteiger charge is 2.19. The van der Waals surface area contributed by atoms with E-state index in [0.29, 0.717) is 5.78 Å². The molecule has 120 valence electrons. The van der Waals surface area contributed by atoms with Crippen molar-refractivity contribution in [3.05, 3.63) is 23.3 Å². The lowest BCUT2D eigenvalue weighted by molar-refractivity contribution is -0.113. The number of carbonyl (C=O) groups is 1. The van der Waals surface area contributed by atoms with Gasteiger partial charge < -0.3 is 0 Å². The molecule has 1 saturated carbocycles. The zero-order chi connectivity index (χ0) is 15.3. The third kappa shape index (κ3) is 7.64. The first-order chi connectivity index (χ1) is 10.3. The van der Waals surface area contributed by atoms with Gasteiger partial charge >= 0.3 is 0 Å². The molecule has 1 heteroatoms. The highest BCUT2D eigenvalue weighted by molar-refractivity contribution is 6.08. The van der Waals surface area contributed by atoms with Crippen molar-refractivity contribution in [1.29, 1.82) is 0 Å².